The van der Waals surface area contributed by atoms with E-state index in [9.17, 15) is 0 Å². The Kier molecular flexibility index (Phi) is 7.81. The van der Waals surface area contributed by atoms with Gasteiger partial charge in [-0.2, -0.15) is 0 Å². The molecule has 0 radical (unpaired) electrons. The first-order chi connectivity index (χ1) is 26.8. The van der Waals surface area contributed by atoms with Crippen molar-refractivity contribution in [1.29, 1.82) is 0 Å². The van der Waals surface area contributed by atoms with Gasteiger partial charge in [0.05, 0.1) is 11.4 Å². The Balaban J connectivity index is 1.28. The number of hydrogen-bond donors (Lipinski definition) is 0. The predicted octanol–water partition coefficient (Wildman–Crippen LogP) is 13.4. The number of nitrogens with zero attached hydrogens (tertiary/aromatic N) is 3. The first-order valence-electron chi connectivity index (χ1n) is 18.3. The highest BCUT2D eigenvalue weighted by molar-refractivity contribution is 6.26. The van der Waals surface area contributed by atoms with Gasteiger partial charge in [0.1, 0.15) is 0 Å². The summed E-state index contributed by atoms with van der Waals surface area (Å²) in [4.78, 5) is 14.7. The van der Waals surface area contributed by atoms with E-state index in [1.54, 1.807) is 6.20 Å². The smallest absolute Gasteiger partial charge is 0.160 e. The van der Waals surface area contributed by atoms with Crippen LogP contribution >= 0.6 is 0 Å². The van der Waals surface area contributed by atoms with E-state index >= 15 is 0 Å². The summed E-state index contributed by atoms with van der Waals surface area (Å²) in [5.41, 5.74) is 6.94. The highest BCUT2D eigenvalue weighted by atomic mass is 14.9. The fourth-order valence-corrected chi connectivity index (χ4v) is 7.80. The Hall–Kier alpha value is -7.23. The van der Waals surface area contributed by atoms with Crippen LogP contribution in [-0.4, -0.2) is 15.0 Å². The second-order valence-corrected chi connectivity index (χ2v) is 13.6. The molecule has 8 aromatic carbocycles. The third-order valence-electron chi connectivity index (χ3n) is 10.4. The average Bonchev–Trinajstić information content (AvgIpc) is 3.26. The molecular formula is C51H33N3. The number of benzene rings is 7. The normalized spacial score (nSPS) is 11.3. The Bertz CT molecular complexity index is 3010. The Morgan fingerprint density at radius 3 is 1.17 bits per heavy atom. The van der Waals surface area contributed by atoms with Crippen LogP contribution in [0.4, 0.5) is 0 Å². The summed E-state index contributed by atoms with van der Waals surface area (Å²) >= 11 is 0. The fourth-order valence-electron chi connectivity index (χ4n) is 7.80. The minimum atomic E-state index is 0.681. The molecule has 252 valence electrons. The fraction of sp³-hybridized carbons (Fsp3) is 0. The predicted molar refractivity (Wildman–Crippen MR) is 227 cm³/mol. The molecule has 0 unspecified atom stereocenters. The molecular weight excluding hydrogens is 655 g/mol. The second kappa shape index (κ2) is 13.4. The monoisotopic (exact) mass is 687 g/mol. The van der Waals surface area contributed by atoms with E-state index in [2.05, 4.69) is 181 Å². The topological polar surface area (TPSA) is 38.7 Å². The van der Waals surface area contributed by atoms with E-state index in [-0.39, 0.29) is 0 Å². The molecule has 0 N–H and O–H groups in total. The van der Waals surface area contributed by atoms with Crippen LogP contribution < -0.4 is 0 Å². The van der Waals surface area contributed by atoms with Crippen LogP contribution in [0.25, 0.3) is 98.9 Å². The van der Waals surface area contributed by atoms with Crippen molar-refractivity contribution in [2.45, 2.75) is 0 Å². The zero-order chi connectivity index (χ0) is 35.8. The molecule has 3 heteroatoms. The summed E-state index contributed by atoms with van der Waals surface area (Å²) in [6.45, 7) is 0. The minimum Gasteiger partial charge on any atom is -0.264 e. The molecule has 0 bridgehead atoms. The molecule has 2 heterocycles. The lowest BCUT2D eigenvalue weighted by atomic mass is 9.93. The first-order valence-corrected chi connectivity index (χ1v) is 18.3. The summed E-state index contributed by atoms with van der Waals surface area (Å²) in [5.74, 6) is 0.681. The maximum atomic E-state index is 5.27. The van der Waals surface area contributed by atoms with Crippen molar-refractivity contribution in [2.24, 2.45) is 0 Å². The SMILES string of the molecule is c1ccc(-c2cc(-c3ccc4c5ccccc5c5ccccc5c5ccccc5c5ccccc5c4c3)nc(-c3ccc(-c4cccnc4)cc3)n2)cc1. The van der Waals surface area contributed by atoms with Crippen LogP contribution in [0.2, 0.25) is 0 Å². The highest BCUT2D eigenvalue weighted by Crippen LogP contribution is 2.38. The summed E-state index contributed by atoms with van der Waals surface area (Å²) in [6, 6.07) is 67.0. The molecule has 0 aliphatic carbocycles. The van der Waals surface area contributed by atoms with Gasteiger partial charge in [-0.05, 0) is 83.2 Å². The Morgan fingerprint density at radius 2 is 0.667 bits per heavy atom. The molecule has 0 saturated carbocycles. The van der Waals surface area contributed by atoms with Crippen molar-refractivity contribution >= 4 is 53.9 Å². The van der Waals surface area contributed by atoms with Crippen molar-refractivity contribution in [3.8, 4) is 45.0 Å². The number of hydrogen-bond acceptors (Lipinski definition) is 3. The average molecular weight is 688 g/mol. The highest BCUT2D eigenvalue weighted by Gasteiger charge is 2.14. The molecule has 10 aromatic rings. The van der Waals surface area contributed by atoms with Gasteiger partial charge in [-0.3, -0.25) is 4.98 Å². The van der Waals surface area contributed by atoms with Gasteiger partial charge in [-0.1, -0.05) is 170 Å². The molecule has 0 atom stereocenters. The van der Waals surface area contributed by atoms with Gasteiger partial charge in [-0.25, -0.2) is 9.97 Å². The molecule has 0 fully saturated rings. The van der Waals surface area contributed by atoms with Crippen molar-refractivity contribution < 1.29 is 0 Å². The lowest BCUT2D eigenvalue weighted by molar-refractivity contribution is 1.18. The molecule has 3 nitrogen and oxygen atoms in total. The van der Waals surface area contributed by atoms with E-state index in [0.717, 1.165) is 44.6 Å². The van der Waals surface area contributed by atoms with Gasteiger partial charge in [-0.15, -0.1) is 0 Å². The van der Waals surface area contributed by atoms with E-state index in [0.29, 0.717) is 5.82 Å². The zero-order valence-electron chi connectivity index (χ0n) is 29.4. The first kappa shape index (κ1) is 31.5. The van der Waals surface area contributed by atoms with E-state index in [1.807, 2.05) is 18.3 Å². The number of aromatic nitrogens is 3. The van der Waals surface area contributed by atoms with Gasteiger partial charge >= 0.3 is 0 Å². The van der Waals surface area contributed by atoms with Crippen LogP contribution in [0, 0.1) is 0 Å². The van der Waals surface area contributed by atoms with E-state index in [1.165, 1.54) is 48.5 Å². The summed E-state index contributed by atoms with van der Waals surface area (Å²) in [6.07, 6.45) is 3.68. The summed E-state index contributed by atoms with van der Waals surface area (Å²) in [7, 11) is 0. The second-order valence-electron chi connectivity index (χ2n) is 13.6. The molecule has 0 aliphatic rings. The van der Waals surface area contributed by atoms with Gasteiger partial charge in [0.25, 0.3) is 0 Å². The van der Waals surface area contributed by atoms with Crippen molar-refractivity contribution in [3.05, 3.63) is 200 Å². The van der Waals surface area contributed by atoms with Gasteiger partial charge in [0.2, 0.25) is 0 Å². The summed E-state index contributed by atoms with van der Waals surface area (Å²) < 4.78 is 0. The third kappa shape index (κ3) is 5.60. The number of rotatable bonds is 4. The minimum absolute atomic E-state index is 0.681. The molecule has 0 saturated heterocycles. The molecule has 0 spiro atoms. The Morgan fingerprint density at radius 1 is 0.259 bits per heavy atom. The molecule has 2 aromatic heterocycles. The number of fused-ring (bicyclic) bond motifs is 10. The maximum Gasteiger partial charge on any atom is 0.160 e. The van der Waals surface area contributed by atoms with Gasteiger partial charge < -0.3 is 0 Å². The summed E-state index contributed by atoms with van der Waals surface area (Å²) in [5, 5.41) is 12.0. The molecule has 10 rings (SSSR count). The van der Waals surface area contributed by atoms with Crippen LogP contribution in [0.5, 0.6) is 0 Å². The van der Waals surface area contributed by atoms with Gasteiger partial charge in [0, 0.05) is 29.1 Å². The van der Waals surface area contributed by atoms with Crippen LogP contribution in [0.3, 0.4) is 0 Å². The molecule has 0 amide bonds. The van der Waals surface area contributed by atoms with Crippen LogP contribution in [0.1, 0.15) is 0 Å². The standard InChI is InChI=1S/C51H33N3/c1-2-13-35(14-3-1)49-32-50(54-51(53-49)36-26-24-34(25-27-36)38-15-12-30-52-33-38)37-28-29-47-45-22-9-8-20-43(45)41-18-5-4-16-39(41)40-17-6-7-19-42(40)44-21-10-11-23-46(44)48(47)31-37/h1-33H. The van der Waals surface area contributed by atoms with Gasteiger partial charge in [0.15, 0.2) is 5.82 Å². The van der Waals surface area contributed by atoms with Crippen molar-refractivity contribution in [1.82, 2.24) is 15.0 Å². The lowest BCUT2D eigenvalue weighted by Crippen LogP contribution is -1.96. The largest absolute Gasteiger partial charge is 0.264 e. The third-order valence-corrected chi connectivity index (χ3v) is 10.4. The Labute approximate surface area is 313 Å². The van der Waals surface area contributed by atoms with Crippen LogP contribution in [0.15, 0.2) is 200 Å². The quantitative estimate of drug-likeness (QED) is 0.185. The van der Waals surface area contributed by atoms with E-state index < -0.39 is 0 Å². The maximum absolute atomic E-state index is 5.27. The van der Waals surface area contributed by atoms with Crippen molar-refractivity contribution in [2.75, 3.05) is 0 Å². The lowest BCUT2D eigenvalue weighted by Gasteiger charge is -2.12. The zero-order valence-corrected chi connectivity index (χ0v) is 29.4. The van der Waals surface area contributed by atoms with E-state index in [4.69, 9.17) is 9.97 Å². The molecule has 0 aliphatic heterocycles. The van der Waals surface area contributed by atoms with Crippen molar-refractivity contribution in [3.63, 3.8) is 0 Å². The molecule has 54 heavy (non-hydrogen) atoms. The van der Waals surface area contributed by atoms with Crippen LogP contribution in [-0.2, 0) is 0 Å². The number of pyridine rings is 1.